The molecule has 0 saturated carbocycles. The zero-order valence-corrected chi connectivity index (χ0v) is 21.0. The van der Waals surface area contributed by atoms with Crippen LogP contribution in [0.15, 0.2) is 91.0 Å². The van der Waals surface area contributed by atoms with Gasteiger partial charge in [0.05, 0.1) is 0 Å². The molecule has 0 saturated heterocycles. The van der Waals surface area contributed by atoms with E-state index in [4.69, 9.17) is 4.43 Å². The summed E-state index contributed by atoms with van der Waals surface area (Å²) in [5.41, 5.74) is 9.18. The molecule has 0 fully saturated rings. The first kappa shape index (κ1) is 20.9. The Morgan fingerprint density at radius 2 is 0.903 bits per heavy atom. The molecule has 0 radical (unpaired) electrons. The predicted octanol–water partition coefficient (Wildman–Crippen LogP) is 3.74. The second kappa shape index (κ2) is 8.20. The Bertz CT molecular complexity index is 1080. The summed E-state index contributed by atoms with van der Waals surface area (Å²) < 4.78 is 6.85. The van der Waals surface area contributed by atoms with Crippen LogP contribution in [-0.4, -0.2) is 15.4 Å². The van der Waals surface area contributed by atoms with Crippen molar-refractivity contribution >= 4 is 26.5 Å². The number of benzene rings is 3. The quantitative estimate of drug-likeness (QED) is 0.575. The molecule has 6 rings (SSSR count). The van der Waals surface area contributed by atoms with Gasteiger partial charge in [-0.25, -0.2) is 0 Å². The van der Waals surface area contributed by atoms with Gasteiger partial charge in [-0.3, -0.25) is 0 Å². The Balaban J connectivity index is 0.00000122. The van der Waals surface area contributed by atoms with Crippen molar-refractivity contribution in [3.63, 3.8) is 0 Å². The van der Waals surface area contributed by atoms with Crippen molar-refractivity contribution in [3.8, 4) is 0 Å². The van der Waals surface area contributed by atoms with E-state index in [1.165, 1.54) is 33.4 Å². The minimum atomic E-state index is -2.48. The van der Waals surface area contributed by atoms with Gasteiger partial charge in [0.25, 0.3) is 0 Å². The predicted molar refractivity (Wildman–Crippen MR) is 129 cm³/mol. The second-order valence-corrected chi connectivity index (χ2v) is 12.4. The standard InChI is InChI=1S/C28H24OSi.Na.H/c1-29-30(26-17-14-20-8-2-5-11-23(20)26,27-18-15-21-9-3-6-12-24(21)27)28-19-16-22-10-4-7-13-25(22)28;;/h2-19,26-28H,1H3;;/q;+1;-1. The third kappa shape index (κ3) is 3.05. The summed E-state index contributed by atoms with van der Waals surface area (Å²) in [6.07, 6.45) is 14.2. The van der Waals surface area contributed by atoms with E-state index in [0.29, 0.717) is 16.6 Å². The molecule has 0 aliphatic heterocycles. The summed E-state index contributed by atoms with van der Waals surface area (Å²) in [5, 5.41) is 0. The first-order valence-corrected chi connectivity index (χ1v) is 12.8. The zero-order valence-electron chi connectivity index (χ0n) is 19.0. The SMILES string of the molecule is CO[Si](C1C=Cc2ccccc21)(C1C=Cc2ccccc21)C1C=Cc2ccccc21.[H-].[Na+]. The second-order valence-electron chi connectivity index (χ2n) is 8.45. The Morgan fingerprint density at radius 3 is 1.23 bits per heavy atom. The van der Waals surface area contributed by atoms with Crippen LogP contribution >= 0.6 is 0 Å². The summed E-state index contributed by atoms with van der Waals surface area (Å²) in [4.78, 5) is 0. The molecular formula is C28H25NaOSi. The van der Waals surface area contributed by atoms with Crippen LogP contribution in [0.5, 0.6) is 0 Å². The Hall–Kier alpha value is -1.94. The number of fused-ring (bicyclic) bond motifs is 3. The van der Waals surface area contributed by atoms with Crippen LogP contribution in [0.25, 0.3) is 18.2 Å². The van der Waals surface area contributed by atoms with Crippen LogP contribution < -0.4 is 29.6 Å². The minimum Gasteiger partial charge on any atom is -1.00 e. The molecule has 3 aromatic rings. The number of hydrogen-bond acceptors (Lipinski definition) is 1. The Labute approximate surface area is 209 Å². The molecule has 3 aliphatic carbocycles. The summed E-state index contributed by atoms with van der Waals surface area (Å²) in [5.74, 6) is 0. The smallest absolute Gasteiger partial charge is 1.00 e. The van der Waals surface area contributed by atoms with Gasteiger partial charge >= 0.3 is 29.6 Å². The van der Waals surface area contributed by atoms with Gasteiger partial charge in [-0.15, -0.1) is 0 Å². The molecule has 3 aliphatic rings. The van der Waals surface area contributed by atoms with Gasteiger partial charge in [0.1, 0.15) is 0 Å². The normalized spacial score (nSPS) is 23.7. The molecule has 3 aromatic carbocycles. The molecule has 3 atom stereocenters. The topological polar surface area (TPSA) is 9.23 Å². The van der Waals surface area contributed by atoms with Crippen LogP contribution in [-0.2, 0) is 4.43 Å². The van der Waals surface area contributed by atoms with Gasteiger partial charge in [0.2, 0.25) is 8.32 Å². The van der Waals surface area contributed by atoms with E-state index in [0.717, 1.165) is 0 Å². The van der Waals surface area contributed by atoms with Gasteiger partial charge in [-0.05, 0) is 33.4 Å². The zero-order chi connectivity index (χ0) is 20.1. The van der Waals surface area contributed by atoms with Crippen LogP contribution in [0.2, 0.25) is 0 Å². The fourth-order valence-corrected chi connectivity index (χ4v) is 11.3. The van der Waals surface area contributed by atoms with Crippen molar-refractivity contribution in [3.05, 3.63) is 124 Å². The molecule has 0 heterocycles. The molecule has 1 nitrogen and oxygen atoms in total. The van der Waals surface area contributed by atoms with E-state index in [1.807, 2.05) is 7.11 Å². The van der Waals surface area contributed by atoms with Crippen LogP contribution in [0.1, 0.15) is 51.4 Å². The summed E-state index contributed by atoms with van der Waals surface area (Å²) in [6, 6.07) is 26.5. The maximum absolute atomic E-state index is 6.85. The van der Waals surface area contributed by atoms with Crippen molar-refractivity contribution < 1.29 is 35.4 Å². The van der Waals surface area contributed by atoms with E-state index in [1.54, 1.807) is 0 Å². The van der Waals surface area contributed by atoms with Crippen LogP contribution in [0.4, 0.5) is 0 Å². The molecule has 0 N–H and O–H groups in total. The number of allylic oxidation sites excluding steroid dienone is 3. The maximum Gasteiger partial charge on any atom is 1.00 e. The molecule has 31 heavy (non-hydrogen) atoms. The van der Waals surface area contributed by atoms with Crippen molar-refractivity contribution in [1.29, 1.82) is 0 Å². The third-order valence-electron chi connectivity index (χ3n) is 7.21. The van der Waals surface area contributed by atoms with Crippen LogP contribution in [0.3, 0.4) is 0 Å². The summed E-state index contributed by atoms with van der Waals surface area (Å²) in [7, 11) is -0.522. The van der Waals surface area contributed by atoms with Crippen molar-refractivity contribution in [2.75, 3.05) is 7.11 Å². The first-order valence-electron chi connectivity index (χ1n) is 10.7. The molecule has 0 aromatic heterocycles. The number of rotatable bonds is 4. The molecule has 0 bridgehead atoms. The minimum absolute atomic E-state index is 0. The van der Waals surface area contributed by atoms with Gasteiger partial charge in [-0.2, -0.15) is 0 Å². The van der Waals surface area contributed by atoms with E-state index in [9.17, 15) is 0 Å². The first-order chi connectivity index (χ1) is 14.8. The fraction of sp³-hybridized carbons (Fsp3) is 0.143. The molecule has 3 unspecified atom stereocenters. The molecular weight excluding hydrogens is 403 g/mol. The third-order valence-corrected chi connectivity index (χ3v) is 12.3. The van der Waals surface area contributed by atoms with E-state index >= 15 is 0 Å². The molecule has 0 amide bonds. The summed E-state index contributed by atoms with van der Waals surface area (Å²) in [6.45, 7) is 0. The monoisotopic (exact) mass is 428 g/mol. The Morgan fingerprint density at radius 1 is 0.581 bits per heavy atom. The maximum atomic E-state index is 6.85. The van der Waals surface area contributed by atoms with Gasteiger partial charge in [0, 0.05) is 23.7 Å². The molecule has 0 spiro atoms. The van der Waals surface area contributed by atoms with Gasteiger partial charge in [0.15, 0.2) is 0 Å². The van der Waals surface area contributed by atoms with Crippen molar-refractivity contribution in [2.24, 2.45) is 0 Å². The van der Waals surface area contributed by atoms with E-state index < -0.39 is 8.32 Å². The average Bonchev–Trinajstić information content (AvgIpc) is 3.53. The van der Waals surface area contributed by atoms with Gasteiger partial charge in [-0.1, -0.05) is 109 Å². The van der Waals surface area contributed by atoms with Gasteiger partial charge < -0.3 is 5.85 Å². The van der Waals surface area contributed by atoms with Crippen molar-refractivity contribution in [2.45, 2.75) is 16.6 Å². The molecule has 148 valence electrons. The average molecular weight is 429 g/mol. The van der Waals surface area contributed by atoms with Crippen molar-refractivity contribution in [1.82, 2.24) is 0 Å². The van der Waals surface area contributed by atoms with E-state index in [2.05, 4.69) is 109 Å². The summed E-state index contributed by atoms with van der Waals surface area (Å²) >= 11 is 0. The van der Waals surface area contributed by atoms with E-state index in [-0.39, 0.29) is 31.0 Å². The van der Waals surface area contributed by atoms with Crippen LogP contribution in [0, 0.1) is 0 Å². The Kier molecular flexibility index (Phi) is 5.53. The fourth-order valence-electron chi connectivity index (χ4n) is 5.89. The molecule has 3 heteroatoms. The number of hydrogen-bond donors (Lipinski definition) is 0. The largest absolute Gasteiger partial charge is 1.00 e.